The predicted molar refractivity (Wildman–Crippen MR) is 87.2 cm³/mol. The predicted octanol–water partition coefficient (Wildman–Crippen LogP) is -2.46. The third-order valence-electron chi connectivity index (χ3n) is 3.76. The summed E-state index contributed by atoms with van der Waals surface area (Å²) < 4.78 is 0. The van der Waals surface area contributed by atoms with E-state index < -0.39 is 73.8 Å². The third kappa shape index (κ3) is 8.44. The second-order valence-electron chi connectivity index (χ2n) is 5.78. The summed E-state index contributed by atoms with van der Waals surface area (Å²) in [6.45, 7) is -2.06. The van der Waals surface area contributed by atoms with Crippen molar-refractivity contribution in [2.45, 2.75) is 30.8 Å². The maximum atomic E-state index is 11.4. The molecule has 0 aromatic rings. The minimum atomic E-state index is -2.15. The second-order valence-corrected chi connectivity index (χ2v) is 5.78. The molecule has 8 N–H and O–H groups in total. The molecule has 27 heavy (non-hydrogen) atoms. The average molecular weight is 393 g/mol. The van der Waals surface area contributed by atoms with Crippen molar-refractivity contribution in [3.8, 4) is 0 Å². The fourth-order valence-electron chi connectivity index (χ4n) is 2.86. The van der Waals surface area contributed by atoms with Gasteiger partial charge in [-0.3, -0.25) is 28.9 Å². The van der Waals surface area contributed by atoms with Crippen molar-refractivity contribution in [1.82, 2.24) is 10.2 Å². The summed E-state index contributed by atoms with van der Waals surface area (Å²) in [6, 6.07) is -1.40. The van der Waals surface area contributed by atoms with Gasteiger partial charge in [-0.2, -0.15) is 0 Å². The van der Waals surface area contributed by atoms with Crippen molar-refractivity contribution in [2.24, 2.45) is 5.73 Å². The van der Waals surface area contributed by atoms with Crippen LogP contribution >= 0.6 is 0 Å². The maximum absolute atomic E-state index is 11.4. The Balaban J connectivity index is 6.46. The highest BCUT2D eigenvalue weighted by molar-refractivity contribution is 5.77. The van der Waals surface area contributed by atoms with Crippen LogP contribution in [0.15, 0.2) is 0 Å². The largest absolute Gasteiger partial charge is 0.481 e. The van der Waals surface area contributed by atoms with Gasteiger partial charge in [0, 0.05) is 19.1 Å². The minimum Gasteiger partial charge on any atom is -0.481 e. The number of nitrogens with two attached hydrogens (primary N) is 1. The summed E-state index contributed by atoms with van der Waals surface area (Å²) in [5, 5.41) is 48.5. The topological polar surface area (TPSA) is 228 Å². The molecule has 0 spiro atoms. The molecular formula is C14H23N3O10. The molecule has 0 saturated heterocycles. The molecule has 0 bridgehead atoms. The normalized spacial score (nSPS) is 12.5. The van der Waals surface area contributed by atoms with Crippen LogP contribution in [0.5, 0.6) is 0 Å². The molecule has 0 aromatic carbocycles. The van der Waals surface area contributed by atoms with Gasteiger partial charge in [-0.25, -0.2) is 0 Å². The van der Waals surface area contributed by atoms with E-state index in [-0.39, 0.29) is 13.1 Å². The van der Waals surface area contributed by atoms with Gasteiger partial charge in [0.15, 0.2) is 0 Å². The van der Waals surface area contributed by atoms with Gasteiger partial charge in [0.1, 0.15) is 0 Å². The number of carboxylic acids is 5. The van der Waals surface area contributed by atoms with E-state index >= 15 is 0 Å². The van der Waals surface area contributed by atoms with E-state index in [0.29, 0.717) is 4.90 Å². The van der Waals surface area contributed by atoms with Crippen molar-refractivity contribution in [2.75, 3.05) is 26.2 Å². The van der Waals surface area contributed by atoms with E-state index in [4.69, 9.17) is 21.1 Å². The molecular weight excluding hydrogens is 370 g/mol. The SMILES string of the molecule is NCCN[C@H](CC(=O)O)C(CC(=O)O)(CC(=O)O)N(CC(=O)O)CC(=O)O. The average Bonchev–Trinajstić information content (AvgIpc) is 2.47. The van der Waals surface area contributed by atoms with E-state index in [1.54, 1.807) is 0 Å². The quantitative estimate of drug-likeness (QED) is 0.153. The molecule has 1 atom stereocenters. The summed E-state index contributed by atoms with van der Waals surface area (Å²) in [6.07, 6.45) is -2.79. The Labute approximate surface area is 153 Å². The summed E-state index contributed by atoms with van der Waals surface area (Å²) in [4.78, 5) is 57.1. The Morgan fingerprint density at radius 3 is 1.56 bits per heavy atom. The Kier molecular flexibility index (Phi) is 9.92. The number of carboxylic acid groups (broad SMARTS) is 5. The number of hydrogen-bond donors (Lipinski definition) is 7. The van der Waals surface area contributed by atoms with Crippen molar-refractivity contribution in [3.63, 3.8) is 0 Å². The number of nitrogens with zero attached hydrogens (tertiary/aromatic N) is 1. The van der Waals surface area contributed by atoms with Gasteiger partial charge in [0.2, 0.25) is 0 Å². The lowest BCUT2D eigenvalue weighted by molar-refractivity contribution is -0.157. The number of aliphatic carboxylic acids is 5. The molecule has 0 aromatic heterocycles. The van der Waals surface area contributed by atoms with Gasteiger partial charge in [0.05, 0.1) is 37.9 Å². The minimum absolute atomic E-state index is 0.00972. The standard InChI is InChI=1S/C14H23N3O10/c15-1-2-16-8(3-9(18)19)14(4-10(20)21,5-11(22)23)17(6-12(24)25)7-13(26)27/h8,16H,1-7,15H2,(H,18,19)(H,20,21)(H,22,23)(H,24,25)(H,26,27)/t8-/m1/s1. The fraction of sp³-hybridized carbons (Fsp3) is 0.643. The van der Waals surface area contributed by atoms with Crippen LogP contribution in [0.3, 0.4) is 0 Å². The first-order valence-electron chi connectivity index (χ1n) is 7.72. The van der Waals surface area contributed by atoms with Gasteiger partial charge >= 0.3 is 29.8 Å². The van der Waals surface area contributed by atoms with Crippen LogP contribution in [0.2, 0.25) is 0 Å². The highest BCUT2D eigenvalue weighted by Gasteiger charge is 2.49. The van der Waals surface area contributed by atoms with E-state index in [2.05, 4.69) is 5.32 Å². The molecule has 0 heterocycles. The van der Waals surface area contributed by atoms with Gasteiger partial charge in [0.25, 0.3) is 0 Å². The summed E-state index contributed by atoms with van der Waals surface area (Å²) in [5.41, 5.74) is 3.20. The molecule has 0 fully saturated rings. The summed E-state index contributed by atoms with van der Waals surface area (Å²) in [7, 11) is 0. The lowest BCUT2D eigenvalue weighted by Crippen LogP contribution is -2.65. The number of hydrogen-bond acceptors (Lipinski definition) is 8. The molecule has 13 nitrogen and oxygen atoms in total. The Morgan fingerprint density at radius 1 is 0.815 bits per heavy atom. The van der Waals surface area contributed by atoms with Crippen LogP contribution in [0.4, 0.5) is 0 Å². The fourth-order valence-corrected chi connectivity index (χ4v) is 2.86. The Morgan fingerprint density at radius 2 is 1.26 bits per heavy atom. The van der Waals surface area contributed by atoms with Crippen LogP contribution in [0, 0.1) is 0 Å². The first-order chi connectivity index (χ1) is 12.4. The van der Waals surface area contributed by atoms with E-state index in [0.717, 1.165) is 0 Å². The van der Waals surface area contributed by atoms with Gasteiger partial charge in [-0.15, -0.1) is 0 Å². The first-order valence-corrected chi connectivity index (χ1v) is 7.72. The van der Waals surface area contributed by atoms with Gasteiger partial charge in [-0.05, 0) is 0 Å². The molecule has 0 aliphatic carbocycles. The molecule has 0 aliphatic rings. The van der Waals surface area contributed by atoms with Gasteiger partial charge in [-0.1, -0.05) is 0 Å². The summed E-state index contributed by atoms with van der Waals surface area (Å²) in [5.74, 6) is -7.60. The van der Waals surface area contributed by atoms with Crippen LogP contribution in [-0.2, 0) is 24.0 Å². The smallest absolute Gasteiger partial charge is 0.317 e. The third-order valence-corrected chi connectivity index (χ3v) is 3.76. The van der Waals surface area contributed by atoms with Crippen LogP contribution < -0.4 is 11.1 Å². The lowest BCUT2D eigenvalue weighted by Gasteiger charge is -2.46. The Hall–Kier alpha value is -2.77. The molecule has 0 rings (SSSR count). The van der Waals surface area contributed by atoms with Crippen LogP contribution in [-0.4, -0.2) is 98.0 Å². The second kappa shape index (κ2) is 11.1. The van der Waals surface area contributed by atoms with Crippen LogP contribution in [0.1, 0.15) is 19.3 Å². The van der Waals surface area contributed by atoms with Crippen molar-refractivity contribution in [1.29, 1.82) is 0 Å². The molecule has 0 aliphatic heterocycles. The molecule has 0 saturated carbocycles. The van der Waals surface area contributed by atoms with Gasteiger partial charge < -0.3 is 36.6 Å². The number of nitrogens with one attached hydrogen (secondary N) is 1. The number of carbonyl (C=O) groups is 5. The highest BCUT2D eigenvalue weighted by Crippen LogP contribution is 2.31. The zero-order valence-corrected chi connectivity index (χ0v) is 14.3. The van der Waals surface area contributed by atoms with Crippen LogP contribution in [0.25, 0.3) is 0 Å². The lowest BCUT2D eigenvalue weighted by atomic mass is 9.79. The van der Waals surface area contributed by atoms with E-state index in [1.165, 1.54) is 0 Å². The van der Waals surface area contributed by atoms with Crippen molar-refractivity contribution >= 4 is 29.8 Å². The molecule has 0 amide bonds. The highest BCUT2D eigenvalue weighted by atomic mass is 16.4. The Bertz CT molecular complexity index is 547. The van der Waals surface area contributed by atoms with E-state index in [9.17, 15) is 34.2 Å². The number of rotatable bonds is 15. The van der Waals surface area contributed by atoms with E-state index in [1.807, 2.05) is 0 Å². The zero-order chi connectivity index (χ0) is 21.2. The molecule has 13 heteroatoms. The first kappa shape index (κ1) is 24.2. The van der Waals surface area contributed by atoms with Crippen molar-refractivity contribution in [3.05, 3.63) is 0 Å². The molecule has 0 unspecified atom stereocenters. The molecule has 0 radical (unpaired) electrons. The summed E-state index contributed by atoms with van der Waals surface area (Å²) >= 11 is 0. The maximum Gasteiger partial charge on any atom is 0.317 e. The zero-order valence-electron chi connectivity index (χ0n) is 14.3. The van der Waals surface area contributed by atoms with Crippen molar-refractivity contribution < 1.29 is 49.5 Å². The monoisotopic (exact) mass is 393 g/mol. The molecule has 154 valence electrons.